The normalized spacial score (nSPS) is 24.0. The molecule has 1 heterocycles. The summed E-state index contributed by atoms with van der Waals surface area (Å²) in [6.45, 7) is 2.85. The second-order valence-corrected chi connectivity index (χ2v) is 11.1. The summed E-state index contributed by atoms with van der Waals surface area (Å²) in [5.74, 6) is 0.698. The van der Waals surface area contributed by atoms with Gasteiger partial charge in [-0.25, -0.2) is 4.67 Å². The lowest BCUT2D eigenvalue weighted by Crippen LogP contribution is -2.29. The zero-order chi connectivity index (χ0) is 17.0. The lowest BCUT2D eigenvalue weighted by molar-refractivity contribution is 0.230. The molecule has 4 nitrogen and oxygen atoms in total. The van der Waals surface area contributed by atoms with Crippen LogP contribution in [0.15, 0.2) is 24.3 Å². The fourth-order valence-corrected chi connectivity index (χ4v) is 9.01. The Kier molecular flexibility index (Phi) is 6.93. The van der Waals surface area contributed by atoms with Crippen molar-refractivity contribution in [3.63, 3.8) is 0 Å². The fourth-order valence-electron chi connectivity index (χ4n) is 2.41. The molecule has 0 saturated carbocycles. The molecule has 2 rings (SSSR count). The third-order valence-corrected chi connectivity index (χ3v) is 10.1. The van der Waals surface area contributed by atoms with Crippen molar-refractivity contribution in [2.24, 2.45) is 0 Å². The molecule has 1 aliphatic heterocycles. The average molecular weight is 394 g/mol. The van der Waals surface area contributed by atoms with Crippen LogP contribution in [-0.2, 0) is 9.09 Å². The van der Waals surface area contributed by atoms with E-state index in [2.05, 4.69) is 0 Å². The molecule has 0 N–H and O–H groups in total. The van der Waals surface area contributed by atoms with Gasteiger partial charge in [0, 0.05) is 10.8 Å². The van der Waals surface area contributed by atoms with E-state index in [1.54, 1.807) is 6.92 Å². The number of rotatable bonds is 7. The molecule has 1 unspecified atom stereocenters. The minimum atomic E-state index is -3.21. The number of hydrogen-bond acceptors (Lipinski definition) is 5. The van der Waals surface area contributed by atoms with Crippen molar-refractivity contribution < 1.29 is 13.9 Å². The van der Waals surface area contributed by atoms with Crippen molar-refractivity contribution >= 4 is 46.7 Å². The Morgan fingerprint density at radius 3 is 2.57 bits per heavy atom. The standard InChI is InChI=1S/C15H21ClNO3PS2/c1-4-10-22-21(19,20-5-2)17-11(3)14(23-15(17)18)12-6-8-13(16)9-7-12/h6-9,11,14H,4-5,10H2,1-3H3/t11-,14+,21?/m1/s1. The summed E-state index contributed by atoms with van der Waals surface area (Å²) < 4.78 is 20.2. The molecule has 1 aromatic carbocycles. The number of nitrogens with zero attached hydrogens (tertiary/aromatic N) is 1. The monoisotopic (exact) mass is 393 g/mol. The largest absolute Gasteiger partial charge is 0.356 e. The zero-order valence-electron chi connectivity index (χ0n) is 13.4. The SMILES string of the molecule is CCCSP(=O)(OCC)N1C(=O)S[C@H](c2ccc(Cl)cc2)[C@H]1C. The molecule has 1 aliphatic rings. The number of hydrogen-bond donors (Lipinski definition) is 0. The molecule has 1 amide bonds. The first-order valence-electron chi connectivity index (χ1n) is 7.57. The van der Waals surface area contributed by atoms with Gasteiger partial charge in [0.15, 0.2) is 0 Å². The summed E-state index contributed by atoms with van der Waals surface area (Å²) in [6, 6.07) is 7.25. The summed E-state index contributed by atoms with van der Waals surface area (Å²) in [7, 11) is 0. The van der Waals surface area contributed by atoms with E-state index in [9.17, 15) is 9.36 Å². The molecule has 0 radical (unpaired) electrons. The molecule has 1 fully saturated rings. The number of carbonyl (C=O) groups is 1. The highest BCUT2D eigenvalue weighted by Gasteiger charge is 2.48. The molecule has 1 saturated heterocycles. The molecule has 1 aromatic rings. The summed E-state index contributed by atoms with van der Waals surface area (Å²) in [5, 5.41) is 0.402. The van der Waals surface area contributed by atoms with Gasteiger partial charge in [-0.1, -0.05) is 42.4 Å². The van der Waals surface area contributed by atoms with E-state index in [1.165, 1.54) is 27.8 Å². The van der Waals surface area contributed by atoms with Crippen molar-refractivity contribution in [3.05, 3.63) is 34.9 Å². The van der Waals surface area contributed by atoms with Crippen molar-refractivity contribution in [1.82, 2.24) is 4.67 Å². The van der Waals surface area contributed by atoms with Crippen molar-refractivity contribution in [1.29, 1.82) is 0 Å². The number of halogens is 1. The number of carbonyl (C=O) groups excluding carboxylic acids is 1. The quantitative estimate of drug-likeness (QED) is 0.514. The predicted molar refractivity (Wildman–Crippen MR) is 100 cm³/mol. The molecule has 0 aromatic heterocycles. The number of thioether (sulfide) groups is 1. The van der Waals surface area contributed by atoms with Crippen molar-refractivity contribution in [2.45, 2.75) is 38.5 Å². The minimum Gasteiger partial charge on any atom is -0.306 e. The van der Waals surface area contributed by atoms with E-state index in [-0.39, 0.29) is 16.5 Å². The van der Waals surface area contributed by atoms with Crippen LogP contribution in [0.25, 0.3) is 0 Å². The van der Waals surface area contributed by atoms with E-state index in [0.717, 1.165) is 12.0 Å². The van der Waals surface area contributed by atoms with Crippen LogP contribution in [0.4, 0.5) is 4.79 Å². The van der Waals surface area contributed by atoms with Crippen LogP contribution >= 0.6 is 41.5 Å². The van der Waals surface area contributed by atoms with Crippen LogP contribution in [0.1, 0.15) is 38.0 Å². The lowest BCUT2D eigenvalue weighted by Gasteiger charge is -2.30. The van der Waals surface area contributed by atoms with E-state index < -0.39 is 6.72 Å². The molecule has 0 bridgehead atoms. The van der Waals surface area contributed by atoms with Crippen LogP contribution in [0, 0.1) is 0 Å². The van der Waals surface area contributed by atoms with Gasteiger partial charge in [0.05, 0.1) is 17.9 Å². The van der Waals surface area contributed by atoms with Crippen molar-refractivity contribution in [2.75, 3.05) is 12.4 Å². The van der Waals surface area contributed by atoms with Gasteiger partial charge in [0.2, 0.25) is 0 Å². The molecule has 0 aliphatic carbocycles. The Morgan fingerprint density at radius 1 is 1.35 bits per heavy atom. The van der Waals surface area contributed by atoms with E-state index in [0.29, 0.717) is 17.4 Å². The summed E-state index contributed by atoms with van der Waals surface area (Å²) >= 11 is 8.39. The lowest BCUT2D eigenvalue weighted by atomic mass is 10.1. The highest BCUT2D eigenvalue weighted by Crippen LogP contribution is 2.68. The summed E-state index contributed by atoms with van der Waals surface area (Å²) in [5.41, 5.74) is 1.01. The first kappa shape index (κ1) is 19.2. The fraction of sp³-hybridized carbons (Fsp3) is 0.533. The third kappa shape index (κ3) is 4.29. The van der Waals surface area contributed by atoms with Gasteiger partial charge < -0.3 is 4.52 Å². The Labute approximate surface area is 150 Å². The van der Waals surface area contributed by atoms with E-state index >= 15 is 0 Å². The van der Waals surface area contributed by atoms with Gasteiger partial charge in [-0.05, 0) is 49.3 Å². The van der Waals surface area contributed by atoms with Gasteiger partial charge in [0.1, 0.15) is 0 Å². The number of amides is 1. The van der Waals surface area contributed by atoms with Gasteiger partial charge in [0.25, 0.3) is 5.24 Å². The van der Waals surface area contributed by atoms with Crippen molar-refractivity contribution in [3.8, 4) is 0 Å². The molecule has 128 valence electrons. The molecular formula is C15H21ClNO3PS2. The maximum atomic E-state index is 13.2. The highest BCUT2D eigenvalue weighted by molar-refractivity contribution is 8.56. The molecule has 23 heavy (non-hydrogen) atoms. The molecule has 3 atom stereocenters. The Balaban J connectivity index is 2.27. The molecule has 0 spiro atoms. The van der Waals surface area contributed by atoms with Crippen LogP contribution in [0.5, 0.6) is 0 Å². The zero-order valence-corrected chi connectivity index (χ0v) is 16.7. The van der Waals surface area contributed by atoms with Crippen LogP contribution in [0.3, 0.4) is 0 Å². The topological polar surface area (TPSA) is 46.6 Å². The minimum absolute atomic E-state index is 0.0734. The summed E-state index contributed by atoms with van der Waals surface area (Å²) in [6.07, 6.45) is 0.881. The Hall–Kier alpha value is -0.130. The molecular weight excluding hydrogens is 373 g/mol. The second kappa shape index (κ2) is 8.30. The maximum absolute atomic E-state index is 13.2. The van der Waals surface area contributed by atoms with Crippen LogP contribution in [-0.4, -0.2) is 28.3 Å². The average Bonchev–Trinajstić information content (AvgIpc) is 2.82. The van der Waals surface area contributed by atoms with Crippen LogP contribution < -0.4 is 0 Å². The predicted octanol–water partition coefficient (Wildman–Crippen LogP) is 6.23. The first-order chi connectivity index (χ1) is 10.9. The second-order valence-electron chi connectivity index (χ2n) is 5.16. The van der Waals surface area contributed by atoms with E-state index in [1.807, 2.05) is 38.1 Å². The van der Waals surface area contributed by atoms with E-state index in [4.69, 9.17) is 16.1 Å². The smallest absolute Gasteiger partial charge is 0.306 e. The highest BCUT2D eigenvalue weighted by atomic mass is 35.5. The Morgan fingerprint density at radius 2 is 2.00 bits per heavy atom. The number of benzene rings is 1. The van der Waals surface area contributed by atoms with Gasteiger partial charge in [-0.15, -0.1) is 0 Å². The van der Waals surface area contributed by atoms with Gasteiger partial charge in [-0.3, -0.25) is 9.36 Å². The van der Waals surface area contributed by atoms with Gasteiger partial charge in [-0.2, -0.15) is 0 Å². The van der Waals surface area contributed by atoms with Gasteiger partial charge >= 0.3 is 6.72 Å². The Bertz CT molecular complexity index is 599. The van der Waals surface area contributed by atoms with Crippen LogP contribution in [0.2, 0.25) is 5.02 Å². The first-order valence-corrected chi connectivity index (χ1v) is 12.0. The third-order valence-electron chi connectivity index (χ3n) is 3.45. The summed E-state index contributed by atoms with van der Waals surface area (Å²) in [4.78, 5) is 12.5. The molecule has 8 heteroatoms. The maximum Gasteiger partial charge on any atom is 0.356 e.